The van der Waals surface area contributed by atoms with Crippen LogP contribution in [0, 0.1) is 11.8 Å². The number of piperidine rings is 1. The molecule has 7 heteroatoms. The van der Waals surface area contributed by atoms with Crippen molar-refractivity contribution < 1.29 is 27.8 Å². The van der Waals surface area contributed by atoms with Crippen molar-refractivity contribution in [3.63, 3.8) is 0 Å². The summed E-state index contributed by atoms with van der Waals surface area (Å²) in [5, 5.41) is 9.93. The Kier molecular flexibility index (Phi) is 8.48. The van der Waals surface area contributed by atoms with E-state index in [1.54, 1.807) is 12.1 Å². The first-order valence-electron chi connectivity index (χ1n) is 13.5. The minimum atomic E-state index is -4.52. The van der Waals surface area contributed by atoms with Gasteiger partial charge in [-0.2, -0.15) is 13.2 Å². The normalized spacial score (nSPS) is 24.5. The molecule has 2 aromatic rings. The zero-order valence-electron chi connectivity index (χ0n) is 21.3. The molecule has 0 radical (unpaired) electrons. The Balaban J connectivity index is 1.60. The molecule has 0 amide bonds. The Hall–Kier alpha value is -2.28. The lowest BCUT2D eigenvalue weighted by Crippen LogP contribution is -2.38. The molecule has 4 rings (SSSR count). The summed E-state index contributed by atoms with van der Waals surface area (Å²) in [6.07, 6.45) is 2.80. The largest absolute Gasteiger partial charge is 0.490 e. The van der Waals surface area contributed by atoms with Gasteiger partial charge >= 0.3 is 12.1 Å². The second-order valence-electron chi connectivity index (χ2n) is 10.6. The van der Waals surface area contributed by atoms with E-state index in [1.807, 2.05) is 12.1 Å². The number of benzene rings is 2. The molecule has 1 heterocycles. The van der Waals surface area contributed by atoms with Gasteiger partial charge in [0.2, 0.25) is 0 Å². The first kappa shape index (κ1) is 26.8. The Morgan fingerprint density at radius 3 is 2.47 bits per heavy atom. The van der Waals surface area contributed by atoms with Gasteiger partial charge in [-0.15, -0.1) is 0 Å². The van der Waals surface area contributed by atoms with E-state index in [9.17, 15) is 23.1 Å². The van der Waals surface area contributed by atoms with Gasteiger partial charge in [-0.3, -0.25) is 9.69 Å². The first-order chi connectivity index (χ1) is 17.2. The number of fused-ring (bicyclic) bond motifs is 1. The smallest absolute Gasteiger partial charge is 0.420 e. The van der Waals surface area contributed by atoms with Gasteiger partial charge < -0.3 is 9.84 Å². The predicted molar refractivity (Wildman–Crippen MR) is 135 cm³/mol. The van der Waals surface area contributed by atoms with Crippen LogP contribution in [0.4, 0.5) is 13.2 Å². The zero-order valence-corrected chi connectivity index (χ0v) is 21.3. The third-order valence-corrected chi connectivity index (χ3v) is 8.18. The van der Waals surface area contributed by atoms with Crippen molar-refractivity contribution in [1.29, 1.82) is 0 Å². The highest BCUT2D eigenvalue weighted by Gasteiger charge is 2.38. The van der Waals surface area contributed by atoms with Crippen LogP contribution in [-0.2, 0) is 11.0 Å². The Morgan fingerprint density at radius 1 is 1.08 bits per heavy atom. The van der Waals surface area contributed by atoms with Crippen molar-refractivity contribution in [2.24, 2.45) is 11.8 Å². The predicted octanol–water partition coefficient (Wildman–Crippen LogP) is 7.84. The molecule has 1 aliphatic heterocycles. The van der Waals surface area contributed by atoms with E-state index < -0.39 is 17.7 Å². The van der Waals surface area contributed by atoms with Crippen LogP contribution in [0.2, 0.25) is 0 Å². The fourth-order valence-corrected chi connectivity index (χ4v) is 6.26. The maximum absolute atomic E-state index is 14.3. The minimum Gasteiger partial charge on any atom is -0.490 e. The van der Waals surface area contributed by atoms with Crippen LogP contribution in [0.5, 0.6) is 5.75 Å². The second kappa shape index (κ2) is 11.4. The lowest BCUT2D eigenvalue weighted by atomic mass is 9.86. The Labute approximate surface area is 211 Å². The zero-order chi connectivity index (χ0) is 25.9. The van der Waals surface area contributed by atoms with E-state index in [4.69, 9.17) is 4.74 Å². The van der Waals surface area contributed by atoms with Crippen molar-refractivity contribution in [2.45, 2.75) is 90.0 Å². The number of carbonyl (C=O) groups is 1. The molecule has 1 saturated carbocycles. The van der Waals surface area contributed by atoms with Crippen LogP contribution in [0.3, 0.4) is 0 Å². The fraction of sp³-hybridized carbons (Fsp3) is 0.621. The number of carboxylic acids is 1. The minimum absolute atomic E-state index is 0.0463. The van der Waals surface area contributed by atoms with Crippen molar-refractivity contribution in [3.05, 3.63) is 41.5 Å². The number of carboxylic acid groups (broad SMARTS) is 1. The SMILES string of the molecule is CCC1CCC(Oc2ccc3cc(C(CC)N4CCC[C@H](CC(=O)O)C4)ccc3c2C(F)(F)F)CC1. The number of ether oxygens (including phenoxy) is 1. The molecule has 0 bridgehead atoms. The highest BCUT2D eigenvalue weighted by Crippen LogP contribution is 2.43. The van der Waals surface area contributed by atoms with Crippen LogP contribution >= 0.6 is 0 Å². The molecule has 1 aliphatic carbocycles. The van der Waals surface area contributed by atoms with E-state index in [0.29, 0.717) is 17.8 Å². The molecule has 2 aliphatic rings. The maximum atomic E-state index is 14.3. The average molecular weight is 506 g/mol. The summed E-state index contributed by atoms with van der Waals surface area (Å²) in [4.78, 5) is 13.5. The van der Waals surface area contributed by atoms with Crippen LogP contribution in [0.25, 0.3) is 10.8 Å². The lowest BCUT2D eigenvalue weighted by Gasteiger charge is -2.38. The number of hydrogen-bond acceptors (Lipinski definition) is 3. The number of rotatable bonds is 8. The number of likely N-dealkylation sites (tertiary alicyclic amines) is 1. The summed E-state index contributed by atoms with van der Waals surface area (Å²) >= 11 is 0. The standard InChI is InChI=1S/C29H38F3NO3/c1-3-19-7-11-23(12-8-19)36-26-14-10-21-17-22(9-13-24(21)28(26)29(30,31)32)25(4-2)33-15-5-6-20(18-33)16-27(34)35/h9-10,13-14,17,19-20,23,25H,3-8,11-12,15-16,18H2,1-2H3,(H,34,35)/t19?,20-,23?,25?/m1/s1. The Morgan fingerprint density at radius 2 is 1.83 bits per heavy atom. The lowest BCUT2D eigenvalue weighted by molar-refractivity contribution is -0.139. The first-order valence-corrected chi connectivity index (χ1v) is 13.5. The highest BCUT2D eigenvalue weighted by atomic mass is 19.4. The van der Waals surface area contributed by atoms with Crippen molar-refractivity contribution in [3.8, 4) is 5.75 Å². The Bertz CT molecular complexity index is 1050. The number of aliphatic carboxylic acids is 1. The summed E-state index contributed by atoms with van der Waals surface area (Å²) in [5.41, 5.74) is 0.289. The number of halogens is 3. The molecule has 198 valence electrons. The molecule has 0 spiro atoms. The van der Waals surface area contributed by atoms with Crippen LogP contribution in [-0.4, -0.2) is 35.2 Å². The van der Waals surface area contributed by atoms with Gasteiger partial charge in [-0.05, 0) is 91.8 Å². The van der Waals surface area contributed by atoms with Crippen LogP contribution in [0.15, 0.2) is 30.3 Å². The molecule has 1 N–H and O–H groups in total. The van der Waals surface area contributed by atoms with Crippen molar-refractivity contribution in [2.75, 3.05) is 13.1 Å². The number of nitrogens with zero attached hydrogens (tertiary/aromatic N) is 1. The van der Waals surface area contributed by atoms with Gasteiger partial charge in [-0.25, -0.2) is 0 Å². The van der Waals surface area contributed by atoms with Crippen LogP contribution in [0.1, 0.15) is 88.8 Å². The van der Waals surface area contributed by atoms with Gasteiger partial charge in [0, 0.05) is 19.0 Å². The van der Waals surface area contributed by atoms with E-state index in [-0.39, 0.29) is 35.6 Å². The van der Waals surface area contributed by atoms with Gasteiger partial charge in [-0.1, -0.05) is 38.5 Å². The van der Waals surface area contributed by atoms with Crippen molar-refractivity contribution >= 4 is 16.7 Å². The summed E-state index contributed by atoms with van der Waals surface area (Å²) < 4.78 is 48.8. The van der Waals surface area contributed by atoms with Crippen molar-refractivity contribution in [1.82, 2.24) is 4.90 Å². The molecule has 2 atom stereocenters. The molecule has 4 nitrogen and oxygen atoms in total. The molecule has 1 unspecified atom stereocenters. The summed E-state index contributed by atoms with van der Waals surface area (Å²) in [6, 6.07) is 8.56. The highest BCUT2D eigenvalue weighted by molar-refractivity contribution is 5.89. The maximum Gasteiger partial charge on any atom is 0.420 e. The summed E-state index contributed by atoms with van der Waals surface area (Å²) in [5.74, 6) is -0.0959. The number of alkyl halides is 3. The second-order valence-corrected chi connectivity index (χ2v) is 10.6. The van der Waals surface area contributed by atoms with E-state index in [1.165, 1.54) is 6.07 Å². The molecule has 36 heavy (non-hydrogen) atoms. The monoisotopic (exact) mass is 505 g/mol. The molecule has 2 aromatic carbocycles. The molecular weight excluding hydrogens is 467 g/mol. The van der Waals surface area contributed by atoms with E-state index in [0.717, 1.165) is 63.5 Å². The van der Waals surface area contributed by atoms with Gasteiger partial charge in [0.15, 0.2) is 0 Å². The van der Waals surface area contributed by atoms with Gasteiger partial charge in [0.05, 0.1) is 6.10 Å². The third kappa shape index (κ3) is 6.16. The summed E-state index contributed by atoms with van der Waals surface area (Å²) in [7, 11) is 0. The fourth-order valence-electron chi connectivity index (χ4n) is 6.26. The van der Waals surface area contributed by atoms with Crippen LogP contribution < -0.4 is 4.74 Å². The molecule has 0 aromatic heterocycles. The van der Waals surface area contributed by atoms with E-state index in [2.05, 4.69) is 18.7 Å². The molecule has 1 saturated heterocycles. The third-order valence-electron chi connectivity index (χ3n) is 8.18. The topological polar surface area (TPSA) is 49.8 Å². The van der Waals surface area contributed by atoms with Gasteiger partial charge in [0.1, 0.15) is 11.3 Å². The van der Waals surface area contributed by atoms with E-state index >= 15 is 0 Å². The summed E-state index contributed by atoms with van der Waals surface area (Å²) in [6.45, 7) is 5.80. The number of hydrogen-bond donors (Lipinski definition) is 1. The molecule has 2 fully saturated rings. The van der Waals surface area contributed by atoms with Gasteiger partial charge in [0.25, 0.3) is 0 Å². The quantitative estimate of drug-likeness (QED) is 0.397. The average Bonchev–Trinajstić information content (AvgIpc) is 2.84. The molecular formula is C29H38F3NO3.